The van der Waals surface area contributed by atoms with Crippen molar-refractivity contribution in [3.05, 3.63) is 29.8 Å². The first kappa shape index (κ1) is 9.06. The third kappa shape index (κ3) is 1.58. The first-order valence-corrected chi connectivity index (χ1v) is 4.71. The van der Waals surface area contributed by atoms with Crippen molar-refractivity contribution in [2.75, 3.05) is 11.4 Å². The van der Waals surface area contributed by atoms with Gasteiger partial charge in [-0.3, -0.25) is 4.90 Å². The number of ether oxygens (including phenoxy) is 1. The van der Waals surface area contributed by atoms with Gasteiger partial charge in [0.15, 0.2) is 0 Å². The predicted octanol–water partition coefficient (Wildman–Crippen LogP) is 2.34. The molecule has 0 N–H and O–H groups in total. The van der Waals surface area contributed by atoms with Crippen molar-refractivity contribution < 1.29 is 9.53 Å². The van der Waals surface area contributed by atoms with E-state index in [0.29, 0.717) is 6.54 Å². The van der Waals surface area contributed by atoms with Crippen molar-refractivity contribution in [2.45, 2.75) is 20.0 Å². The number of nitrogens with zero attached hydrogens (tertiary/aromatic N) is 1. The maximum absolute atomic E-state index is 11.4. The molecule has 1 fully saturated rings. The van der Waals surface area contributed by atoms with Crippen molar-refractivity contribution in [1.82, 2.24) is 0 Å². The molecule has 3 nitrogen and oxygen atoms in total. The van der Waals surface area contributed by atoms with Gasteiger partial charge in [0, 0.05) is 5.69 Å². The second-order valence-electron chi connectivity index (χ2n) is 3.64. The van der Waals surface area contributed by atoms with Gasteiger partial charge in [0.05, 0.1) is 6.54 Å². The van der Waals surface area contributed by atoms with Gasteiger partial charge in [-0.05, 0) is 31.5 Å². The van der Waals surface area contributed by atoms with Crippen LogP contribution in [0.1, 0.15) is 12.5 Å². The van der Waals surface area contributed by atoms with Crippen molar-refractivity contribution in [3.63, 3.8) is 0 Å². The monoisotopic (exact) mass is 191 g/mol. The van der Waals surface area contributed by atoms with Crippen LogP contribution in [-0.4, -0.2) is 18.7 Å². The molecular formula is C11H13NO2. The molecule has 1 heterocycles. The van der Waals surface area contributed by atoms with Gasteiger partial charge in [-0.1, -0.05) is 12.1 Å². The van der Waals surface area contributed by atoms with Crippen molar-refractivity contribution in [3.8, 4) is 0 Å². The zero-order valence-electron chi connectivity index (χ0n) is 8.36. The van der Waals surface area contributed by atoms with Crippen LogP contribution in [0.5, 0.6) is 0 Å². The second kappa shape index (κ2) is 3.33. The van der Waals surface area contributed by atoms with Crippen LogP contribution in [0, 0.1) is 6.92 Å². The molecule has 0 saturated carbocycles. The number of hydrogen-bond acceptors (Lipinski definition) is 2. The van der Waals surface area contributed by atoms with E-state index in [0.717, 1.165) is 11.3 Å². The molecule has 2 rings (SSSR count). The second-order valence-corrected chi connectivity index (χ2v) is 3.64. The van der Waals surface area contributed by atoms with Gasteiger partial charge in [0.25, 0.3) is 0 Å². The van der Waals surface area contributed by atoms with Crippen molar-refractivity contribution in [2.24, 2.45) is 0 Å². The number of anilines is 1. The highest BCUT2D eigenvalue weighted by molar-refractivity contribution is 5.89. The summed E-state index contributed by atoms with van der Waals surface area (Å²) in [6.07, 6.45) is -0.258. The van der Waals surface area contributed by atoms with E-state index in [4.69, 9.17) is 4.74 Å². The molecule has 0 aromatic heterocycles. The van der Waals surface area contributed by atoms with E-state index in [1.165, 1.54) is 0 Å². The molecule has 1 aromatic rings. The highest BCUT2D eigenvalue weighted by Gasteiger charge is 2.29. The number of cyclic esters (lactones) is 1. The first-order chi connectivity index (χ1) is 6.66. The highest BCUT2D eigenvalue weighted by atomic mass is 16.6. The van der Waals surface area contributed by atoms with Gasteiger partial charge in [-0.15, -0.1) is 0 Å². The molecule has 1 aliphatic rings. The molecule has 1 amide bonds. The lowest BCUT2D eigenvalue weighted by molar-refractivity contribution is 0.150. The molecule has 0 aliphatic carbocycles. The van der Waals surface area contributed by atoms with E-state index < -0.39 is 0 Å². The van der Waals surface area contributed by atoms with Gasteiger partial charge in [0.1, 0.15) is 6.10 Å². The Morgan fingerprint density at radius 2 is 2.29 bits per heavy atom. The number of aryl methyl sites for hydroxylation is 1. The summed E-state index contributed by atoms with van der Waals surface area (Å²) in [6, 6.07) is 7.86. The molecule has 1 aliphatic heterocycles. The highest BCUT2D eigenvalue weighted by Crippen LogP contribution is 2.21. The molecule has 0 unspecified atom stereocenters. The Labute approximate surface area is 83.3 Å². The Kier molecular flexibility index (Phi) is 2.15. The van der Waals surface area contributed by atoms with Crippen LogP contribution in [0.15, 0.2) is 24.3 Å². The van der Waals surface area contributed by atoms with E-state index in [-0.39, 0.29) is 12.2 Å². The van der Waals surface area contributed by atoms with E-state index in [9.17, 15) is 4.79 Å². The molecule has 1 saturated heterocycles. The minimum atomic E-state index is -0.247. The van der Waals surface area contributed by atoms with E-state index >= 15 is 0 Å². The summed E-state index contributed by atoms with van der Waals surface area (Å²) in [5, 5.41) is 0. The number of hydrogen-bond donors (Lipinski definition) is 0. The van der Waals surface area contributed by atoms with Gasteiger partial charge >= 0.3 is 6.09 Å². The molecule has 0 radical (unpaired) electrons. The number of carbonyl (C=O) groups is 1. The van der Waals surface area contributed by atoms with Crippen molar-refractivity contribution in [1.29, 1.82) is 0 Å². The lowest BCUT2D eigenvalue weighted by Gasteiger charge is -2.12. The molecule has 1 atom stereocenters. The summed E-state index contributed by atoms with van der Waals surface area (Å²) < 4.78 is 5.06. The van der Waals surface area contributed by atoms with E-state index in [1.54, 1.807) is 4.90 Å². The Hall–Kier alpha value is -1.51. The third-order valence-corrected chi connectivity index (χ3v) is 2.28. The van der Waals surface area contributed by atoms with Gasteiger partial charge < -0.3 is 4.74 Å². The van der Waals surface area contributed by atoms with E-state index in [2.05, 4.69) is 0 Å². The van der Waals surface area contributed by atoms with Crippen molar-refractivity contribution >= 4 is 11.8 Å². The number of benzene rings is 1. The van der Waals surface area contributed by atoms with Crippen LogP contribution in [0.25, 0.3) is 0 Å². The fraction of sp³-hybridized carbons (Fsp3) is 0.364. The summed E-state index contributed by atoms with van der Waals surface area (Å²) >= 11 is 0. The maximum atomic E-state index is 11.4. The van der Waals surface area contributed by atoms with Gasteiger partial charge in [-0.2, -0.15) is 0 Å². The van der Waals surface area contributed by atoms with Crippen LogP contribution >= 0.6 is 0 Å². The lowest BCUT2D eigenvalue weighted by Crippen LogP contribution is -2.23. The molecule has 74 valence electrons. The van der Waals surface area contributed by atoms with Crippen LogP contribution < -0.4 is 4.90 Å². The molecule has 1 aromatic carbocycles. The lowest BCUT2D eigenvalue weighted by atomic mass is 10.2. The average Bonchev–Trinajstić information content (AvgIpc) is 2.45. The summed E-state index contributed by atoms with van der Waals surface area (Å²) in [5.41, 5.74) is 2.06. The number of rotatable bonds is 1. The summed E-state index contributed by atoms with van der Waals surface area (Å²) in [5.74, 6) is 0. The summed E-state index contributed by atoms with van der Waals surface area (Å²) in [7, 11) is 0. The average molecular weight is 191 g/mol. The third-order valence-electron chi connectivity index (χ3n) is 2.28. The number of amides is 1. The van der Waals surface area contributed by atoms with Gasteiger partial charge in [0.2, 0.25) is 0 Å². The zero-order valence-corrected chi connectivity index (χ0v) is 8.36. The standard InChI is InChI=1S/C11H13NO2/c1-8-4-3-5-10(6-8)12-7-9(2)14-11(12)13/h3-6,9H,7H2,1-2H3/t9-/m1/s1. The number of carbonyl (C=O) groups excluding carboxylic acids is 1. The first-order valence-electron chi connectivity index (χ1n) is 4.71. The van der Waals surface area contributed by atoms with Crippen LogP contribution in [-0.2, 0) is 4.74 Å². The Morgan fingerprint density at radius 1 is 1.50 bits per heavy atom. The molecule has 0 bridgehead atoms. The molecular weight excluding hydrogens is 178 g/mol. The minimum absolute atomic E-state index is 0.0111. The Bertz CT molecular complexity index is 362. The minimum Gasteiger partial charge on any atom is -0.444 e. The fourth-order valence-electron chi connectivity index (χ4n) is 1.61. The van der Waals surface area contributed by atoms with Crippen LogP contribution in [0.2, 0.25) is 0 Å². The Balaban J connectivity index is 2.27. The fourth-order valence-corrected chi connectivity index (χ4v) is 1.61. The van der Waals surface area contributed by atoms with Gasteiger partial charge in [-0.25, -0.2) is 4.79 Å². The Morgan fingerprint density at radius 3 is 2.86 bits per heavy atom. The largest absolute Gasteiger partial charge is 0.444 e. The maximum Gasteiger partial charge on any atom is 0.414 e. The summed E-state index contributed by atoms with van der Waals surface area (Å²) in [4.78, 5) is 13.1. The quantitative estimate of drug-likeness (QED) is 0.681. The molecule has 0 spiro atoms. The topological polar surface area (TPSA) is 29.5 Å². The normalized spacial score (nSPS) is 21.1. The van der Waals surface area contributed by atoms with Crippen LogP contribution in [0.3, 0.4) is 0 Å². The smallest absolute Gasteiger partial charge is 0.414 e. The molecule has 14 heavy (non-hydrogen) atoms. The van der Waals surface area contributed by atoms with Crippen LogP contribution in [0.4, 0.5) is 10.5 Å². The SMILES string of the molecule is Cc1cccc(N2C[C@@H](C)OC2=O)c1. The predicted molar refractivity (Wildman–Crippen MR) is 54.5 cm³/mol. The zero-order chi connectivity index (χ0) is 10.1. The molecule has 3 heteroatoms. The van der Waals surface area contributed by atoms with E-state index in [1.807, 2.05) is 38.1 Å². The summed E-state index contributed by atoms with van der Waals surface area (Å²) in [6.45, 7) is 4.55.